The van der Waals surface area contributed by atoms with Gasteiger partial charge in [-0.1, -0.05) is 29.8 Å². The van der Waals surface area contributed by atoms with Gasteiger partial charge in [-0.15, -0.1) is 0 Å². The number of aryl methyl sites for hydroxylation is 3. The molecule has 0 aliphatic rings. The lowest BCUT2D eigenvalue weighted by molar-refractivity contribution is 0.262. The number of amides is 2. The number of hydrogen-bond acceptors (Lipinski definition) is 2. The highest BCUT2D eigenvalue weighted by Gasteiger charge is 2.08. The van der Waals surface area contributed by atoms with Crippen molar-refractivity contribution >= 4 is 17.4 Å². The Kier molecular flexibility index (Phi) is 4.60. The van der Waals surface area contributed by atoms with Gasteiger partial charge in [0.05, 0.1) is 0 Å². The zero-order chi connectivity index (χ0) is 15.4. The number of urea groups is 1. The second-order valence-electron chi connectivity index (χ2n) is 5.26. The maximum atomic E-state index is 12.1. The summed E-state index contributed by atoms with van der Waals surface area (Å²) in [4.78, 5) is 12.1. The number of rotatable bonds is 3. The standard InChI is InChI=1S/C17H21N3O/c1-11-7-12(2)16(13(3)8-11)20-17(21)19-15-6-4-5-14(9-15)10-18/h4-9H,10,18H2,1-3H3,(H2,19,20,21). The molecule has 2 rings (SSSR count). The van der Waals surface area contributed by atoms with E-state index >= 15 is 0 Å². The zero-order valence-corrected chi connectivity index (χ0v) is 12.7. The van der Waals surface area contributed by atoms with Crippen LogP contribution in [0.25, 0.3) is 0 Å². The summed E-state index contributed by atoms with van der Waals surface area (Å²) in [5, 5.41) is 5.74. The summed E-state index contributed by atoms with van der Waals surface area (Å²) in [6.45, 7) is 6.48. The number of nitrogens with one attached hydrogen (secondary N) is 2. The molecule has 21 heavy (non-hydrogen) atoms. The summed E-state index contributed by atoms with van der Waals surface area (Å²) >= 11 is 0. The van der Waals surface area contributed by atoms with Crippen LogP contribution in [0.5, 0.6) is 0 Å². The van der Waals surface area contributed by atoms with Crippen molar-refractivity contribution < 1.29 is 4.79 Å². The van der Waals surface area contributed by atoms with E-state index in [9.17, 15) is 4.79 Å². The number of hydrogen-bond donors (Lipinski definition) is 3. The third-order valence-electron chi connectivity index (χ3n) is 3.34. The highest BCUT2D eigenvalue weighted by molar-refractivity contribution is 6.00. The summed E-state index contributed by atoms with van der Waals surface area (Å²) in [6, 6.07) is 11.4. The van der Waals surface area contributed by atoms with Gasteiger partial charge in [0.15, 0.2) is 0 Å². The van der Waals surface area contributed by atoms with Crippen LogP contribution < -0.4 is 16.4 Å². The minimum atomic E-state index is -0.251. The molecule has 0 aliphatic carbocycles. The molecule has 0 radical (unpaired) electrons. The summed E-state index contributed by atoms with van der Waals surface area (Å²) in [6.07, 6.45) is 0. The summed E-state index contributed by atoms with van der Waals surface area (Å²) in [5.74, 6) is 0. The molecule has 110 valence electrons. The summed E-state index contributed by atoms with van der Waals surface area (Å²) in [7, 11) is 0. The molecular weight excluding hydrogens is 262 g/mol. The van der Waals surface area contributed by atoms with Crippen LogP contribution in [0.1, 0.15) is 22.3 Å². The Morgan fingerprint density at radius 2 is 1.71 bits per heavy atom. The van der Waals surface area contributed by atoms with Crippen LogP contribution in [0.4, 0.5) is 16.2 Å². The fourth-order valence-corrected chi connectivity index (χ4v) is 2.43. The van der Waals surface area contributed by atoms with E-state index in [2.05, 4.69) is 22.8 Å². The minimum absolute atomic E-state index is 0.251. The molecule has 0 atom stereocenters. The number of anilines is 2. The minimum Gasteiger partial charge on any atom is -0.326 e. The van der Waals surface area contributed by atoms with Gasteiger partial charge in [-0.25, -0.2) is 4.79 Å². The SMILES string of the molecule is Cc1cc(C)c(NC(=O)Nc2cccc(CN)c2)c(C)c1. The van der Waals surface area contributed by atoms with Crippen LogP contribution in [-0.4, -0.2) is 6.03 Å². The maximum absolute atomic E-state index is 12.1. The first-order valence-electron chi connectivity index (χ1n) is 6.94. The number of carbonyl (C=O) groups excluding carboxylic acids is 1. The Hall–Kier alpha value is -2.33. The van der Waals surface area contributed by atoms with Crippen LogP contribution in [0.15, 0.2) is 36.4 Å². The van der Waals surface area contributed by atoms with Crippen molar-refractivity contribution in [1.29, 1.82) is 0 Å². The van der Waals surface area contributed by atoms with E-state index in [4.69, 9.17) is 5.73 Å². The fraction of sp³-hybridized carbons (Fsp3) is 0.235. The van der Waals surface area contributed by atoms with Crippen molar-refractivity contribution in [2.45, 2.75) is 27.3 Å². The molecule has 0 aliphatic heterocycles. The Labute approximate surface area is 125 Å². The molecule has 0 bridgehead atoms. The maximum Gasteiger partial charge on any atom is 0.323 e. The van der Waals surface area contributed by atoms with Crippen LogP contribution in [0.3, 0.4) is 0 Å². The number of benzene rings is 2. The molecule has 0 fully saturated rings. The van der Waals surface area contributed by atoms with Crippen molar-refractivity contribution in [3.05, 3.63) is 58.7 Å². The van der Waals surface area contributed by atoms with Crippen molar-refractivity contribution in [2.24, 2.45) is 5.73 Å². The van der Waals surface area contributed by atoms with Crippen LogP contribution in [0, 0.1) is 20.8 Å². The number of carbonyl (C=O) groups is 1. The Balaban J connectivity index is 2.12. The predicted octanol–water partition coefficient (Wildman–Crippen LogP) is 3.71. The van der Waals surface area contributed by atoms with Crippen molar-refractivity contribution in [3.63, 3.8) is 0 Å². The second-order valence-corrected chi connectivity index (χ2v) is 5.26. The van der Waals surface area contributed by atoms with Crippen LogP contribution in [-0.2, 0) is 6.54 Å². The van der Waals surface area contributed by atoms with E-state index < -0.39 is 0 Å². The van der Waals surface area contributed by atoms with Gasteiger partial charge in [0.25, 0.3) is 0 Å². The molecule has 0 spiro atoms. The van der Waals surface area contributed by atoms with E-state index in [1.807, 2.05) is 45.0 Å². The summed E-state index contributed by atoms with van der Waals surface area (Å²) in [5.41, 5.74) is 11.5. The highest BCUT2D eigenvalue weighted by atomic mass is 16.2. The highest BCUT2D eigenvalue weighted by Crippen LogP contribution is 2.22. The molecule has 0 unspecified atom stereocenters. The monoisotopic (exact) mass is 283 g/mol. The van der Waals surface area contributed by atoms with E-state index in [1.54, 1.807) is 0 Å². The molecule has 4 nitrogen and oxygen atoms in total. The van der Waals surface area contributed by atoms with Gasteiger partial charge in [0.1, 0.15) is 0 Å². The van der Waals surface area contributed by atoms with Gasteiger partial charge < -0.3 is 16.4 Å². The largest absolute Gasteiger partial charge is 0.326 e. The third-order valence-corrected chi connectivity index (χ3v) is 3.34. The van der Waals surface area contributed by atoms with Crippen LogP contribution >= 0.6 is 0 Å². The topological polar surface area (TPSA) is 67.2 Å². The Bertz CT molecular complexity index is 642. The molecule has 0 heterocycles. The molecule has 0 saturated heterocycles. The lowest BCUT2D eigenvalue weighted by Gasteiger charge is -2.14. The van der Waals surface area contributed by atoms with Crippen LogP contribution in [0.2, 0.25) is 0 Å². The van der Waals surface area contributed by atoms with E-state index in [-0.39, 0.29) is 6.03 Å². The van der Waals surface area contributed by atoms with Gasteiger partial charge in [-0.2, -0.15) is 0 Å². The molecule has 4 heteroatoms. The molecule has 2 amide bonds. The molecule has 4 N–H and O–H groups in total. The van der Waals surface area contributed by atoms with Crippen molar-refractivity contribution in [2.75, 3.05) is 10.6 Å². The number of nitrogens with two attached hydrogens (primary N) is 1. The predicted molar refractivity (Wildman–Crippen MR) is 87.6 cm³/mol. The van der Waals surface area contributed by atoms with Gasteiger partial charge in [0.2, 0.25) is 0 Å². The first-order chi connectivity index (χ1) is 9.99. The van der Waals surface area contributed by atoms with Gasteiger partial charge in [-0.3, -0.25) is 0 Å². The van der Waals surface area contributed by atoms with E-state index in [0.717, 1.165) is 28.1 Å². The third kappa shape index (κ3) is 3.83. The van der Waals surface area contributed by atoms with Gasteiger partial charge >= 0.3 is 6.03 Å². The normalized spacial score (nSPS) is 10.3. The lowest BCUT2D eigenvalue weighted by atomic mass is 10.1. The summed E-state index contributed by atoms with van der Waals surface area (Å²) < 4.78 is 0. The first kappa shape index (κ1) is 15.1. The van der Waals surface area contributed by atoms with Gasteiger partial charge in [-0.05, 0) is 49.6 Å². The second kappa shape index (κ2) is 6.41. The van der Waals surface area contributed by atoms with Crippen molar-refractivity contribution in [1.82, 2.24) is 0 Å². The first-order valence-corrected chi connectivity index (χ1v) is 6.94. The lowest BCUT2D eigenvalue weighted by Crippen LogP contribution is -2.20. The van der Waals surface area contributed by atoms with Crippen molar-refractivity contribution in [3.8, 4) is 0 Å². The smallest absolute Gasteiger partial charge is 0.323 e. The average Bonchev–Trinajstić information content (AvgIpc) is 2.43. The molecule has 2 aromatic carbocycles. The zero-order valence-electron chi connectivity index (χ0n) is 12.7. The molecular formula is C17H21N3O. The average molecular weight is 283 g/mol. The quantitative estimate of drug-likeness (QED) is 0.803. The molecule has 0 saturated carbocycles. The van der Waals surface area contributed by atoms with E-state index in [0.29, 0.717) is 6.54 Å². The van der Waals surface area contributed by atoms with E-state index in [1.165, 1.54) is 5.56 Å². The Morgan fingerprint density at radius 3 is 2.33 bits per heavy atom. The Morgan fingerprint density at radius 1 is 1.05 bits per heavy atom. The fourth-order valence-electron chi connectivity index (χ4n) is 2.43. The molecule has 0 aromatic heterocycles. The van der Waals surface area contributed by atoms with Gasteiger partial charge in [0, 0.05) is 17.9 Å². The molecule has 2 aromatic rings.